The molecule has 0 aliphatic heterocycles. The molecule has 0 aromatic rings. The van der Waals surface area contributed by atoms with Gasteiger partial charge in [0.2, 0.25) is 0 Å². The van der Waals surface area contributed by atoms with Gasteiger partial charge in [0.05, 0.1) is 0 Å². The van der Waals surface area contributed by atoms with Crippen molar-refractivity contribution in [3.63, 3.8) is 0 Å². The first kappa shape index (κ1) is 188. The molecule has 4 nitrogen and oxygen atoms in total. The van der Waals surface area contributed by atoms with Crippen molar-refractivity contribution in [2.75, 3.05) is 0 Å². The Morgan fingerprint density at radius 2 is 0.500 bits per heavy atom. The minimum absolute atomic E-state index is 0. The van der Waals surface area contributed by atoms with Gasteiger partial charge < -0.3 is 21.9 Å². The third kappa shape index (κ3) is 62.7. The van der Waals surface area contributed by atoms with Crippen molar-refractivity contribution in [3.05, 3.63) is 0 Å². The fourth-order valence-electron chi connectivity index (χ4n) is 0. The molecule has 0 unspecified atom stereocenters. The summed E-state index contributed by atoms with van der Waals surface area (Å²) in [5.41, 5.74) is 0. The molecule has 0 radical (unpaired) electrons. The van der Waals surface area contributed by atoms with Crippen molar-refractivity contribution >= 4 is 19.8 Å². The van der Waals surface area contributed by atoms with Crippen LogP contribution in [0.2, 0.25) is 0 Å². The van der Waals surface area contributed by atoms with Crippen molar-refractivity contribution in [2.45, 2.75) is 0 Å². The number of rotatable bonds is 0. The Labute approximate surface area is 64.1 Å². The van der Waals surface area contributed by atoms with E-state index >= 15 is 0 Å². The Morgan fingerprint density at radius 3 is 0.500 bits per heavy atom. The van der Waals surface area contributed by atoms with Crippen LogP contribution in [0.15, 0.2) is 0 Å². The zero-order chi connectivity index (χ0) is 0. The molecule has 32 valence electrons. The summed E-state index contributed by atoms with van der Waals surface area (Å²) in [6.07, 6.45) is 0. The van der Waals surface area contributed by atoms with Crippen LogP contribution in [0.5, 0.6) is 0 Å². The van der Waals surface area contributed by atoms with E-state index in [0.29, 0.717) is 0 Å². The van der Waals surface area contributed by atoms with E-state index in [9.17, 15) is 0 Å². The third-order valence-electron chi connectivity index (χ3n) is 0. The van der Waals surface area contributed by atoms with Crippen LogP contribution in [0.1, 0.15) is 0 Å². The van der Waals surface area contributed by atoms with Crippen LogP contribution in [0.3, 0.4) is 0 Å². The van der Waals surface area contributed by atoms with Crippen molar-refractivity contribution in [3.8, 4) is 0 Å². The van der Waals surface area contributed by atoms with Gasteiger partial charge in [0.25, 0.3) is 0 Å². The molecule has 0 aliphatic rings. The second-order valence-corrected chi connectivity index (χ2v) is 0. The minimum Gasteiger partial charge on any atom is -2.00 e. The molecule has 0 aromatic carbocycles. The molecule has 0 heterocycles. The van der Waals surface area contributed by atoms with E-state index in [2.05, 4.69) is 0 Å². The van der Waals surface area contributed by atoms with Gasteiger partial charge in [-0.05, 0) is 0 Å². The van der Waals surface area contributed by atoms with E-state index in [-0.39, 0.29) is 64.1 Å². The molecule has 0 spiro atoms. The molecular formula is GaNbO4. The molecule has 6 heteroatoms. The second-order valence-electron chi connectivity index (χ2n) is 0. The van der Waals surface area contributed by atoms with Crippen molar-refractivity contribution < 1.29 is 44.3 Å². The molecular weight excluding hydrogens is 227 g/mol. The van der Waals surface area contributed by atoms with E-state index in [1.54, 1.807) is 0 Å². The molecule has 0 N–H and O–H groups in total. The quantitative estimate of drug-likeness (QED) is 0.479. The molecule has 0 aromatic heterocycles. The zero-order valence-electron chi connectivity index (χ0n) is 2.66. The van der Waals surface area contributed by atoms with E-state index in [1.165, 1.54) is 0 Å². The molecule has 0 bridgehead atoms. The van der Waals surface area contributed by atoms with Crippen LogP contribution in [0, 0.1) is 0 Å². The van der Waals surface area contributed by atoms with Gasteiger partial charge in [-0.15, -0.1) is 0 Å². The van der Waals surface area contributed by atoms with E-state index in [1.807, 2.05) is 0 Å². The SMILES string of the molecule is [Ga+3].[Nb+5].[O-2].[O-2].[O-2].[O-2]. The van der Waals surface area contributed by atoms with Crippen LogP contribution >= 0.6 is 0 Å². The number of hydrogen-bond acceptors (Lipinski definition) is 0. The predicted molar refractivity (Wildman–Crippen MR) is 8.50 cm³/mol. The summed E-state index contributed by atoms with van der Waals surface area (Å²) < 4.78 is 0. The first-order valence-corrected chi connectivity index (χ1v) is 0. The van der Waals surface area contributed by atoms with Crippen LogP contribution in [0.4, 0.5) is 0 Å². The standard InChI is InChI=1S/Ga.Nb.4O/q+3;+5;4*-2. The average Bonchev–Trinajstić information content (AvgIpc) is 0. The summed E-state index contributed by atoms with van der Waals surface area (Å²) in [6, 6.07) is 0. The topological polar surface area (TPSA) is 114 Å². The van der Waals surface area contributed by atoms with Gasteiger partial charge in [-0.2, -0.15) is 0 Å². The van der Waals surface area contributed by atoms with Gasteiger partial charge in [0.1, 0.15) is 0 Å². The largest absolute Gasteiger partial charge is 5.00 e. The van der Waals surface area contributed by atoms with Gasteiger partial charge in [-0.25, -0.2) is 0 Å². The van der Waals surface area contributed by atoms with Crippen LogP contribution in [0.25, 0.3) is 0 Å². The molecule has 0 fully saturated rings. The van der Waals surface area contributed by atoms with Gasteiger partial charge in [0.15, 0.2) is 0 Å². The summed E-state index contributed by atoms with van der Waals surface area (Å²) in [5.74, 6) is 0. The van der Waals surface area contributed by atoms with Crippen molar-refractivity contribution in [1.29, 1.82) is 0 Å². The molecule has 0 saturated carbocycles. The van der Waals surface area contributed by atoms with Crippen molar-refractivity contribution in [1.82, 2.24) is 0 Å². The van der Waals surface area contributed by atoms with Crippen LogP contribution < -0.4 is 0 Å². The van der Waals surface area contributed by atoms with E-state index in [0.717, 1.165) is 0 Å². The Hall–Kier alpha value is 1.22. The summed E-state index contributed by atoms with van der Waals surface area (Å²) in [6.45, 7) is 0. The maximum absolute atomic E-state index is 0. The summed E-state index contributed by atoms with van der Waals surface area (Å²) in [7, 11) is 0. The second kappa shape index (κ2) is 114. The minimum atomic E-state index is 0. The smallest absolute Gasteiger partial charge is 2.00 e. The molecule has 6 heavy (non-hydrogen) atoms. The Bertz CT molecular complexity index is 7.51. The average molecular weight is 227 g/mol. The summed E-state index contributed by atoms with van der Waals surface area (Å²) in [5, 5.41) is 0. The van der Waals surface area contributed by atoms with Crippen LogP contribution in [-0.2, 0) is 44.3 Å². The summed E-state index contributed by atoms with van der Waals surface area (Å²) >= 11 is 0. The van der Waals surface area contributed by atoms with Crippen molar-refractivity contribution in [2.24, 2.45) is 0 Å². The first-order chi connectivity index (χ1) is 0. The summed E-state index contributed by atoms with van der Waals surface area (Å²) in [4.78, 5) is 0. The van der Waals surface area contributed by atoms with Gasteiger partial charge >= 0.3 is 42.2 Å². The van der Waals surface area contributed by atoms with Crippen LogP contribution in [-0.4, -0.2) is 19.8 Å². The third-order valence-corrected chi connectivity index (χ3v) is 0. The fraction of sp³-hybridized carbons (Fsp3) is 0. The molecule has 0 amide bonds. The first-order valence-electron chi connectivity index (χ1n) is 0. The molecule has 0 aliphatic carbocycles. The Balaban J connectivity index is 0. The maximum atomic E-state index is 0. The maximum Gasteiger partial charge on any atom is 5.00 e. The van der Waals surface area contributed by atoms with Gasteiger partial charge in [-0.1, -0.05) is 0 Å². The van der Waals surface area contributed by atoms with Gasteiger partial charge in [-0.3, -0.25) is 0 Å². The Kier molecular flexibility index (Phi) is 3590. The molecule has 0 atom stereocenters. The molecule has 0 saturated heterocycles. The monoisotopic (exact) mass is 226 g/mol. The normalized spacial score (nSPS) is 0. The van der Waals surface area contributed by atoms with Gasteiger partial charge in [0, 0.05) is 0 Å². The van der Waals surface area contributed by atoms with E-state index < -0.39 is 0 Å². The molecule has 0 rings (SSSR count). The predicted octanol–water partition coefficient (Wildman–Crippen LogP) is -0.859. The fourth-order valence-corrected chi connectivity index (χ4v) is 0. The zero-order valence-corrected chi connectivity index (χ0v) is 7.28. The van der Waals surface area contributed by atoms with E-state index in [4.69, 9.17) is 0 Å². The Morgan fingerprint density at radius 1 is 0.500 bits per heavy atom. The number of hydrogen-bond donors (Lipinski definition) is 0.